The van der Waals surface area contributed by atoms with Crippen molar-refractivity contribution < 1.29 is 23.5 Å². The molecule has 1 aliphatic rings. The first-order chi connectivity index (χ1) is 14.0. The summed E-state index contributed by atoms with van der Waals surface area (Å²) in [6.07, 6.45) is 2.16. The van der Waals surface area contributed by atoms with E-state index >= 15 is 0 Å². The van der Waals surface area contributed by atoms with Crippen molar-refractivity contribution in [3.63, 3.8) is 0 Å². The van der Waals surface area contributed by atoms with E-state index in [1.54, 1.807) is 40.4 Å². The second kappa shape index (κ2) is 7.62. The highest BCUT2D eigenvalue weighted by atomic mass is 16.5. The minimum absolute atomic E-state index is 0.220. The van der Waals surface area contributed by atoms with Gasteiger partial charge < -0.3 is 24.1 Å². The largest absolute Gasteiger partial charge is 0.496 e. The number of nitrogens with one attached hydrogen (secondary N) is 1. The highest BCUT2D eigenvalue weighted by molar-refractivity contribution is 6.06. The molecular formula is C21H23N3O5. The Bertz CT molecular complexity index is 1070. The third-order valence-electron chi connectivity index (χ3n) is 5.10. The molecule has 2 heterocycles. The number of amides is 1. The van der Waals surface area contributed by atoms with Gasteiger partial charge in [-0.1, -0.05) is 5.16 Å². The van der Waals surface area contributed by atoms with Crippen LogP contribution in [0.5, 0.6) is 17.2 Å². The molecule has 29 heavy (non-hydrogen) atoms. The maximum Gasteiger partial charge on any atom is 0.259 e. The summed E-state index contributed by atoms with van der Waals surface area (Å²) in [7, 11) is 4.70. The van der Waals surface area contributed by atoms with Gasteiger partial charge >= 0.3 is 0 Å². The zero-order valence-corrected chi connectivity index (χ0v) is 16.9. The molecule has 3 aromatic rings. The van der Waals surface area contributed by atoms with Crippen molar-refractivity contribution in [2.24, 2.45) is 0 Å². The number of methoxy groups -OCH3 is 3. The van der Waals surface area contributed by atoms with Gasteiger partial charge in [0.15, 0.2) is 11.5 Å². The lowest BCUT2D eigenvalue weighted by Gasteiger charge is -2.15. The van der Waals surface area contributed by atoms with Crippen LogP contribution in [-0.4, -0.2) is 37.4 Å². The number of fused-ring (bicyclic) bond motifs is 1. The fraction of sp³-hybridized carbons (Fsp3) is 0.381. The van der Waals surface area contributed by atoms with Gasteiger partial charge in [-0.15, -0.1) is 0 Å². The minimum Gasteiger partial charge on any atom is -0.496 e. The molecule has 8 heteroatoms. The molecule has 1 N–H and O–H groups in total. The van der Waals surface area contributed by atoms with Crippen LogP contribution in [0.1, 0.15) is 46.1 Å². The highest BCUT2D eigenvalue weighted by Gasteiger charge is 2.28. The zero-order valence-electron chi connectivity index (χ0n) is 16.9. The number of aromatic nitrogens is 2. The maximum atomic E-state index is 13.0. The van der Waals surface area contributed by atoms with E-state index < -0.39 is 0 Å². The summed E-state index contributed by atoms with van der Waals surface area (Å²) in [5.74, 6) is 1.89. The molecule has 0 atom stereocenters. The number of aryl methyl sites for hydroxylation is 1. The molecular weight excluding hydrogens is 374 g/mol. The SMILES string of the molecule is COc1cc(OC)c(OC)cc1CNC(=O)c1cc(C2CC2)nc2onc(C)c12. The van der Waals surface area contributed by atoms with Crippen molar-refractivity contribution in [1.82, 2.24) is 15.5 Å². The van der Waals surface area contributed by atoms with Gasteiger partial charge in [0, 0.05) is 29.8 Å². The van der Waals surface area contributed by atoms with Gasteiger partial charge in [-0.05, 0) is 31.9 Å². The van der Waals surface area contributed by atoms with Gasteiger partial charge in [-0.3, -0.25) is 4.79 Å². The van der Waals surface area contributed by atoms with Crippen molar-refractivity contribution in [3.8, 4) is 17.2 Å². The average Bonchev–Trinajstić information content (AvgIpc) is 3.53. The van der Waals surface area contributed by atoms with Crippen LogP contribution in [0.25, 0.3) is 11.1 Å². The summed E-state index contributed by atoms with van der Waals surface area (Å²) in [4.78, 5) is 17.6. The summed E-state index contributed by atoms with van der Waals surface area (Å²) in [6.45, 7) is 2.06. The van der Waals surface area contributed by atoms with Crippen LogP contribution in [0.3, 0.4) is 0 Å². The molecule has 0 saturated heterocycles. The topological polar surface area (TPSA) is 95.7 Å². The van der Waals surface area contributed by atoms with E-state index in [0.717, 1.165) is 24.1 Å². The van der Waals surface area contributed by atoms with E-state index in [4.69, 9.17) is 18.7 Å². The number of hydrogen-bond donors (Lipinski definition) is 1. The lowest BCUT2D eigenvalue weighted by atomic mass is 10.1. The number of nitrogens with zero attached hydrogens (tertiary/aromatic N) is 2. The first kappa shape index (κ1) is 19.0. The Hall–Kier alpha value is -3.29. The molecule has 2 aromatic heterocycles. The van der Waals surface area contributed by atoms with Crippen molar-refractivity contribution in [1.29, 1.82) is 0 Å². The van der Waals surface area contributed by atoms with E-state index in [1.807, 2.05) is 6.07 Å². The number of rotatable bonds is 7. The molecule has 0 unspecified atom stereocenters. The Labute approximate surface area is 168 Å². The molecule has 1 aromatic carbocycles. The summed E-state index contributed by atoms with van der Waals surface area (Å²) in [6, 6.07) is 5.38. The quantitative estimate of drug-likeness (QED) is 0.653. The number of pyridine rings is 1. The number of ether oxygens (including phenoxy) is 3. The molecule has 0 radical (unpaired) electrons. The Morgan fingerprint density at radius 1 is 1.10 bits per heavy atom. The number of carbonyl (C=O) groups is 1. The van der Waals surface area contributed by atoms with E-state index in [9.17, 15) is 4.79 Å². The Kier molecular flexibility index (Phi) is 5.00. The highest BCUT2D eigenvalue weighted by Crippen LogP contribution is 2.40. The van der Waals surface area contributed by atoms with Crippen LogP contribution in [-0.2, 0) is 6.54 Å². The second-order valence-corrected chi connectivity index (χ2v) is 7.02. The van der Waals surface area contributed by atoms with Gasteiger partial charge in [0.2, 0.25) is 0 Å². The lowest BCUT2D eigenvalue weighted by molar-refractivity contribution is 0.0952. The molecule has 1 amide bonds. The summed E-state index contributed by atoms with van der Waals surface area (Å²) >= 11 is 0. The van der Waals surface area contributed by atoms with E-state index in [1.165, 1.54) is 0 Å². The smallest absolute Gasteiger partial charge is 0.259 e. The van der Waals surface area contributed by atoms with Crippen molar-refractivity contribution in [3.05, 3.63) is 40.7 Å². The number of hydrogen-bond acceptors (Lipinski definition) is 7. The van der Waals surface area contributed by atoms with E-state index in [-0.39, 0.29) is 12.5 Å². The van der Waals surface area contributed by atoms with Crippen LogP contribution >= 0.6 is 0 Å². The molecule has 0 aliphatic heterocycles. The Morgan fingerprint density at radius 2 is 1.79 bits per heavy atom. The standard InChI is InChI=1S/C21H23N3O5/c1-11-19-14(8-15(12-5-6-12)23-21(19)29-24-11)20(25)22-10-13-7-17(27-3)18(28-4)9-16(13)26-2/h7-9,12H,5-6,10H2,1-4H3,(H,22,25). The molecule has 4 rings (SSSR count). The van der Waals surface area contributed by atoms with Crippen molar-refractivity contribution in [2.45, 2.75) is 32.2 Å². The van der Waals surface area contributed by atoms with Crippen LogP contribution in [0.4, 0.5) is 0 Å². The summed E-state index contributed by atoms with van der Waals surface area (Å²) < 4.78 is 21.4. The van der Waals surface area contributed by atoms with Gasteiger partial charge in [0.25, 0.3) is 11.6 Å². The number of carbonyl (C=O) groups excluding carboxylic acids is 1. The molecule has 1 aliphatic carbocycles. The predicted octanol–water partition coefficient (Wildman–Crippen LogP) is 3.36. The fourth-order valence-electron chi connectivity index (χ4n) is 3.38. The Balaban J connectivity index is 1.63. The molecule has 1 fully saturated rings. The maximum absolute atomic E-state index is 13.0. The average molecular weight is 397 g/mol. The zero-order chi connectivity index (χ0) is 20.5. The van der Waals surface area contributed by atoms with E-state index in [0.29, 0.717) is 45.5 Å². The van der Waals surface area contributed by atoms with Crippen LogP contribution < -0.4 is 19.5 Å². The molecule has 0 spiro atoms. The van der Waals surface area contributed by atoms with Crippen LogP contribution in [0.15, 0.2) is 22.7 Å². The number of benzene rings is 1. The second-order valence-electron chi connectivity index (χ2n) is 7.02. The summed E-state index contributed by atoms with van der Waals surface area (Å²) in [5, 5.41) is 7.59. The summed E-state index contributed by atoms with van der Waals surface area (Å²) in [5.41, 5.74) is 3.22. The van der Waals surface area contributed by atoms with Crippen LogP contribution in [0.2, 0.25) is 0 Å². The third kappa shape index (κ3) is 3.57. The molecule has 0 bridgehead atoms. The van der Waals surface area contributed by atoms with Gasteiger partial charge in [-0.2, -0.15) is 0 Å². The predicted molar refractivity (Wildman–Crippen MR) is 106 cm³/mol. The fourth-order valence-corrected chi connectivity index (χ4v) is 3.38. The van der Waals surface area contributed by atoms with Gasteiger partial charge in [-0.25, -0.2) is 4.98 Å². The normalized spacial score (nSPS) is 13.4. The van der Waals surface area contributed by atoms with Gasteiger partial charge in [0.05, 0.1) is 38.0 Å². The monoisotopic (exact) mass is 397 g/mol. The Morgan fingerprint density at radius 3 is 2.45 bits per heavy atom. The first-order valence-electron chi connectivity index (χ1n) is 9.39. The molecule has 1 saturated carbocycles. The first-order valence-corrected chi connectivity index (χ1v) is 9.39. The van der Waals surface area contributed by atoms with Crippen LogP contribution in [0, 0.1) is 6.92 Å². The van der Waals surface area contributed by atoms with Crippen molar-refractivity contribution >= 4 is 17.0 Å². The van der Waals surface area contributed by atoms with Gasteiger partial charge in [0.1, 0.15) is 5.75 Å². The third-order valence-corrected chi connectivity index (χ3v) is 5.10. The molecule has 152 valence electrons. The minimum atomic E-state index is -0.220. The lowest BCUT2D eigenvalue weighted by Crippen LogP contribution is -2.24. The van der Waals surface area contributed by atoms with E-state index in [2.05, 4.69) is 15.5 Å². The van der Waals surface area contributed by atoms with Crippen molar-refractivity contribution in [2.75, 3.05) is 21.3 Å². The molecule has 8 nitrogen and oxygen atoms in total.